The summed E-state index contributed by atoms with van der Waals surface area (Å²) in [4.78, 5) is 24.3. The third-order valence-corrected chi connectivity index (χ3v) is 7.27. The predicted molar refractivity (Wildman–Crippen MR) is 137 cm³/mol. The molecule has 2 amide bonds. The van der Waals surface area contributed by atoms with Crippen molar-refractivity contribution in [2.45, 2.75) is 26.2 Å². The zero-order chi connectivity index (χ0) is 23.8. The largest absolute Gasteiger partial charge is 0.496 e. The van der Waals surface area contributed by atoms with Gasteiger partial charge in [-0.25, -0.2) is 9.78 Å². The highest BCUT2D eigenvalue weighted by Gasteiger charge is 2.22. The summed E-state index contributed by atoms with van der Waals surface area (Å²) in [5, 5.41) is 5.60. The Morgan fingerprint density at radius 2 is 1.85 bits per heavy atom. The van der Waals surface area contributed by atoms with Gasteiger partial charge in [-0.2, -0.15) is 0 Å². The van der Waals surface area contributed by atoms with Crippen molar-refractivity contribution >= 4 is 22.5 Å². The molecule has 0 unspecified atom stereocenters. The van der Waals surface area contributed by atoms with Gasteiger partial charge in [-0.3, -0.25) is 15.1 Å². The standard InChI is InChI=1S/C25H37N5O3S/c1-3-5-20-6-7-23(32-2)21(18-20)22-19-34-24(26-22)27-25(31)30-12-10-28(11-13-30)8-4-9-29-14-16-33-17-15-29/h6-7,18-19H,3-5,8-17H2,1-2H3,(H,26,27,31). The number of methoxy groups -OCH3 is 1. The van der Waals surface area contributed by atoms with Crippen LogP contribution in [-0.4, -0.2) is 98.4 Å². The molecule has 2 fully saturated rings. The molecule has 34 heavy (non-hydrogen) atoms. The number of urea groups is 1. The van der Waals surface area contributed by atoms with Crippen molar-refractivity contribution in [3.8, 4) is 17.0 Å². The van der Waals surface area contributed by atoms with Crippen LogP contribution in [0.1, 0.15) is 25.3 Å². The molecule has 2 aromatic rings. The number of nitrogens with one attached hydrogen (secondary N) is 1. The van der Waals surface area contributed by atoms with Gasteiger partial charge in [0.05, 0.1) is 26.0 Å². The number of carbonyl (C=O) groups is 1. The van der Waals surface area contributed by atoms with Gasteiger partial charge in [-0.05, 0) is 43.6 Å². The van der Waals surface area contributed by atoms with Crippen molar-refractivity contribution in [3.63, 3.8) is 0 Å². The summed E-state index contributed by atoms with van der Waals surface area (Å²) < 4.78 is 11.0. The number of aromatic nitrogens is 1. The third kappa shape index (κ3) is 6.69. The fourth-order valence-electron chi connectivity index (χ4n) is 4.54. The number of ether oxygens (including phenoxy) is 2. The Bertz CT molecular complexity index is 923. The van der Waals surface area contributed by atoms with Crippen molar-refractivity contribution in [3.05, 3.63) is 29.1 Å². The highest BCUT2D eigenvalue weighted by atomic mass is 32.1. The van der Waals surface area contributed by atoms with Crippen molar-refractivity contribution in [1.29, 1.82) is 0 Å². The molecule has 186 valence electrons. The predicted octanol–water partition coefficient (Wildman–Crippen LogP) is 3.64. The fourth-order valence-corrected chi connectivity index (χ4v) is 5.24. The van der Waals surface area contributed by atoms with Crippen LogP contribution >= 0.6 is 11.3 Å². The Labute approximate surface area is 206 Å². The lowest BCUT2D eigenvalue weighted by Gasteiger charge is -2.35. The molecule has 0 aliphatic carbocycles. The molecule has 0 radical (unpaired) electrons. The molecule has 2 aliphatic rings. The minimum absolute atomic E-state index is 0.0689. The number of anilines is 1. The first kappa shape index (κ1) is 24.9. The summed E-state index contributed by atoms with van der Waals surface area (Å²) in [6, 6.07) is 6.17. The monoisotopic (exact) mass is 487 g/mol. The van der Waals surface area contributed by atoms with Gasteiger partial charge in [0.25, 0.3) is 0 Å². The summed E-state index contributed by atoms with van der Waals surface area (Å²) in [5.74, 6) is 0.799. The SMILES string of the molecule is CCCc1ccc(OC)c(-c2csc(NC(=O)N3CCN(CCCN4CCOCC4)CC3)n2)c1. The van der Waals surface area contributed by atoms with Crippen LogP contribution in [0.5, 0.6) is 5.75 Å². The van der Waals surface area contributed by atoms with Crippen LogP contribution in [0.4, 0.5) is 9.93 Å². The number of amides is 2. The maximum absolute atomic E-state index is 12.8. The van der Waals surface area contributed by atoms with Crippen molar-refractivity contribution < 1.29 is 14.3 Å². The highest BCUT2D eigenvalue weighted by molar-refractivity contribution is 7.14. The first-order valence-corrected chi connectivity index (χ1v) is 13.3. The zero-order valence-electron chi connectivity index (χ0n) is 20.4. The number of morpholine rings is 1. The summed E-state index contributed by atoms with van der Waals surface area (Å²) in [7, 11) is 1.68. The molecule has 3 heterocycles. The van der Waals surface area contributed by atoms with Gasteiger partial charge in [0.15, 0.2) is 5.13 Å². The fraction of sp³-hybridized carbons (Fsp3) is 0.600. The van der Waals surface area contributed by atoms with Crippen molar-refractivity contribution in [2.24, 2.45) is 0 Å². The smallest absolute Gasteiger partial charge is 0.323 e. The van der Waals surface area contributed by atoms with E-state index in [1.807, 2.05) is 16.3 Å². The number of hydrogen-bond donors (Lipinski definition) is 1. The van der Waals surface area contributed by atoms with Crippen LogP contribution in [-0.2, 0) is 11.2 Å². The second-order valence-corrected chi connectivity index (χ2v) is 9.75. The summed E-state index contributed by atoms with van der Waals surface area (Å²) in [6.07, 6.45) is 3.27. The van der Waals surface area contributed by atoms with Crippen LogP contribution in [0, 0.1) is 0 Å². The number of rotatable bonds is 9. The molecule has 1 N–H and O–H groups in total. The molecule has 0 bridgehead atoms. The van der Waals surface area contributed by atoms with E-state index in [2.05, 4.69) is 39.2 Å². The van der Waals surface area contributed by atoms with Crippen LogP contribution in [0.3, 0.4) is 0 Å². The maximum Gasteiger partial charge on any atom is 0.323 e. The lowest BCUT2D eigenvalue weighted by atomic mass is 10.0. The van der Waals surface area contributed by atoms with Gasteiger partial charge in [0, 0.05) is 50.2 Å². The van der Waals surface area contributed by atoms with E-state index in [4.69, 9.17) is 9.47 Å². The van der Waals surface area contributed by atoms with E-state index in [0.29, 0.717) is 5.13 Å². The molecule has 4 rings (SSSR count). The molecular weight excluding hydrogens is 450 g/mol. The number of thiazole rings is 1. The minimum atomic E-state index is -0.0689. The highest BCUT2D eigenvalue weighted by Crippen LogP contribution is 2.33. The number of aryl methyl sites for hydroxylation is 1. The summed E-state index contributed by atoms with van der Waals surface area (Å²) >= 11 is 1.45. The number of hydrogen-bond acceptors (Lipinski definition) is 7. The van der Waals surface area contributed by atoms with Gasteiger partial charge >= 0.3 is 6.03 Å². The molecule has 0 atom stereocenters. The maximum atomic E-state index is 12.8. The van der Waals surface area contributed by atoms with Crippen LogP contribution in [0.25, 0.3) is 11.3 Å². The van der Waals surface area contributed by atoms with E-state index in [9.17, 15) is 4.79 Å². The Morgan fingerprint density at radius 3 is 2.56 bits per heavy atom. The van der Waals surface area contributed by atoms with Crippen molar-refractivity contribution in [1.82, 2.24) is 19.7 Å². The van der Waals surface area contributed by atoms with Gasteiger partial charge in [-0.1, -0.05) is 19.4 Å². The van der Waals surface area contributed by atoms with Crippen LogP contribution in [0.15, 0.2) is 23.6 Å². The molecule has 1 aromatic carbocycles. The topological polar surface area (TPSA) is 70.2 Å². The second-order valence-electron chi connectivity index (χ2n) is 8.89. The third-order valence-electron chi connectivity index (χ3n) is 6.51. The van der Waals surface area contributed by atoms with Crippen LogP contribution in [0.2, 0.25) is 0 Å². The zero-order valence-corrected chi connectivity index (χ0v) is 21.2. The van der Waals surface area contributed by atoms with Gasteiger partial charge in [0.1, 0.15) is 5.75 Å². The molecule has 9 heteroatoms. The number of benzene rings is 1. The molecule has 1 aromatic heterocycles. The quantitative estimate of drug-likeness (QED) is 0.582. The van der Waals surface area contributed by atoms with Crippen LogP contribution < -0.4 is 10.1 Å². The molecule has 8 nitrogen and oxygen atoms in total. The molecule has 2 saturated heterocycles. The first-order valence-electron chi connectivity index (χ1n) is 12.4. The number of piperazine rings is 1. The lowest BCUT2D eigenvalue weighted by Crippen LogP contribution is -2.50. The average molecular weight is 488 g/mol. The van der Waals surface area contributed by atoms with E-state index in [-0.39, 0.29) is 6.03 Å². The summed E-state index contributed by atoms with van der Waals surface area (Å²) in [6.45, 7) is 11.5. The van der Waals surface area contributed by atoms with Gasteiger partial charge in [-0.15, -0.1) is 11.3 Å². The molecule has 2 aliphatic heterocycles. The second kappa shape index (κ2) is 12.5. The Morgan fingerprint density at radius 1 is 1.12 bits per heavy atom. The number of carbonyl (C=O) groups excluding carboxylic acids is 1. The van der Waals surface area contributed by atoms with E-state index in [1.54, 1.807) is 7.11 Å². The first-order chi connectivity index (χ1) is 16.7. The van der Waals surface area contributed by atoms with E-state index < -0.39 is 0 Å². The number of nitrogens with zero attached hydrogens (tertiary/aromatic N) is 4. The summed E-state index contributed by atoms with van der Waals surface area (Å²) in [5.41, 5.74) is 3.07. The Kier molecular flexibility index (Phi) is 9.15. The normalized spacial score (nSPS) is 17.6. The van der Waals surface area contributed by atoms with E-state index >= 15 is 0 Å². The van der Waals surface area contributed by atoms with Gasteiger partial charge in [0.2, 0.25) is 0 Å². The average Bonchev–Trinajstić information content (AvgIpc) is 3.33. The molecule has 0 saturated carbocycles. The van der Waals surface area contributed by atoms with Gasteiger partial charge < -0.3 is 14.4 Å². The molecular formula is C25H37N5O3S. The Hall–Kier alpha value is -2.20. The molecule has 0 spiro atoms. The minimum Gasteiger partial charge on any atom is -0.496 e. The van der Waals surface area contributed by atoms with E-state index in [0.717, 1.165) is 102 Å². The Balaban J connectivity index is 1.25. The van der Waals surface area contributed by atoms with Crippen molar-refractivity contribution in [2.75, 3.05) is 78.0 Å². The van der Waals surface area contributed by atoms with E-state index in [1.165, 1.54) is 16.9 Å². The lowest BCUT2D eigenvalue weighted by molar-refractivity contribution is 0.0354.